The lowest BCUT2D eigenvalue weighted by molar-refractivity contribution is -0.133. The number of aromatic nitrogens is 6. The largest absolute Gasteiger partial charge is 0.481 e. The van der Waals surface area contributed by atoms with Crippen LogP contribution in [0.15, 0.2) is 59.8 Å². The molecule has 2 aromatic heterocycles. The van der Waals surface area contributed by atoms with E-state index in [0.29, 0.717) is 24.1 Å². The van der Waals surface area contributed by atoms with Gasteiger partial charge in [-0.05, 0) is 17.7 Å². The maximum Gasteiger partial charge on any atom is 0.313 e. The molecule has 0 amide bonds. The summed E-state index contributed by atoms with van der Waals surface area (Å²) in [7, 11) is 0. The van der Waals surface area contributed by atoms with Gasteiger partial charge in [0.05, 0.1) is 17.8 Å². The number of benzene rings is 2. The minimum Gasteiger partial charge on any atom is -0.481 e. The number of rotatable bonds is 7. The summed E-state index contributed by atoms with van der Waals surface area (Å²) in [5.74, 6) is -0.264. The van der Waals surface area contributed by atoms with Crippen LogP contribution in [0, 0.1) is 0 Å². The van der Waals surface area contributed by atoms with Crippen molar-refractivity contribution in [3.05, 3.63) is 66.0 Å². The van der Waals surface area contributed by atoms with Gasteiger partial charge in [-0.1, -0.05) is 59.4 Å². The average molecular weight is 380 g/mol. The molecule has 1 N–H and O–H groups in total. The summed E-state index contributed by atoms with van der Waals surface area (Å²) in [6.07, 6.45) is 0. The molecule has 0 aliphatic heterocycles. The molecular weight excluding hydrogens is 364 g/mol. The molecule has 4 aromatic rings. The van der Waals surface area contributed by atoms with Crippen molar-refractivity contribution >= 4 is 28.8 Å². The van der Waals surface area contributed by atoms with Crippen LogP contribution in [0.25, 0.3) is 11.0 Å². The number of fused-ring (bicyclic) bond motifs is 1. The lowest BCUT2D eigenvalue weighted by atomic mass is 10.2. The number of hydrogen-bond donors (Lipinski definition) is 1. The number of para-hydroxylation sites is 1. The summed E-state index contributed by atoms with van der Waals surface area (Å²) in [5.41, 5.74) is 2.80. The molecule has 0 saturated heterocycles. The van der Waals surface area contributed by atoms with Gasteiger partial charge in [0.1, 0.15) is 12.1 Å². The third-order valence-electron chi connectivity index (χ3n) is 4.01. The summed E-state index contributed by atoms with van der Waals surface area (Å²) in [6, 6.07) is 17.6. The van der Waals surface area contributed by atoms with E-state index in [1.807, 2.05) is 59.2 Å². The van der Waals surface area contributed by atoms with E-state index in [0.717, 1.165) is 28.4 Å². The van der Waals surface area contributed by atoms with Gasteiger partial charge in [0.15, 0.2) is 11.0 Å². The molecule has 27 heavy (non-hydrogen) atoms. The zero-order valence-electron chi connectivity index (χ0n) is 14.3. The second kappa shape index (κ2) is 7.58. The van der Waals surface area contributed by atoms with Crippen molar-refractivity contribution in [2.75, 3.05) is 5.75 Å². The number of carboxylic acid groups (broad SMARTS) is 1. The maximum absolute atomic E-state index is 11.0. The molecule has 136 valence electrons. The molecular formula is C18H16N6O2S. The highest BCUT2D eigenvalue weighted by Crippen LogP contribution is 2.20. The van der Waals surface area contributed by atoms with Gasteiger partial charge < -0.3 is 5.11 Å². The Balaban J connectivity index is 1.67. The number of carbonyl (C=O) groups is 1. The van der Waals surface area contributed by atoms with Crippen LogP contribution in [0.3, 0.4) is 0 Å². The van der Waals surface area contributed by atoms with E-state index < -0.39 is 5.97 Å². The van der Waals surface area contributed by atoms with E-state index >= 15 is 0 Å². The quantitative estimate of drug-likeness (QED) is 0.491. The third kappa shape index (κ3) is 3.82. The number of hydrogen-bond acceptors (Lipinski definition) is 6. The topological polar surface area (TPSA) is 98.7 Å². The first-order valence-corrected chi connectivity index (χ1v) is 9.28. The highest BCUT2D eigenvalue weighted by atomic mass is 32.2. The fourth-order valence-corrected chi connectivity index (χ4v) is 3.44. The summed E-state index contributed by atoms with van der Waals surface area (Å²) in [6.45, 7) is 0.950. The number of thioether (sulfide) groups is 1. The van der Waals surface area contributed by atoms with Crippen molar-refractivity contribution in [3.63, 3.8) is 0 Å². The van der Waals surface area contributed by atoms with Gasteiger partial charge in [-0.25, -0.2) is 4.68 Å². The van der Waals surface area contributed by atoms with Gasteiger partial charge in [0.2, 0.25) is 0 Å². The molecule has 2 aromatic carbocycles. The van der Waals surface area contributed by atoms with Crippen LogP contribution in [-0.4, -0.2) is 46.6 Å². The standard InChI is InChI=1S/C18H16N6O2S/c25-17(26)12-27-18-21-20-16(23(18)10-13-6-2-1-3-7-13)11-24-15-9-5-4-8-14(15)19-22-24/h1-9H,10-12H2,(H,25,26). The third-order valence-corrected chi connectivity index (χ3v) is 4.96. The second-order valence-corrected chi connectivity index (χ2v) is 6.83. The predicted molar refractivity (Wildman–Crippen MR) is 101 cm³/mol. The van der Waals surface area contributed by atoms with Gasteiger partial charge in [-0.15, -0.1) is 15.3 Å². The van der Waals surface area contributed by atoms with Crippen LogP contribution in [0.2, 0.25) is 0 Å². The van der Waals surface area contributed by atoms with Crippen LogP contribution in [-0.2, 0) is 17.9 Å². The van der Waals surface area contributed by atoms with Gasteiger partial charge in [0, 0.05) is 0 Å². The molecule has 0 unspecified atom stereocenters. The van der Waals surface area contributed by atoms with E-state index in [1.54, 1.807) is 4.68 Å². The number of nitrogens with zero attached hydrogens (tertiary/aromatic N) is 6. The van der Waals surface area contributed by atoms with E-state index in [4.69, 9.17) is 5.11 Å². The lowest BCUT2D eigenvalue weighted by Crippen LogP contribution is -2.12. The van der Waals surface area contributed by atoms with Crippen molar-refractivity contribution < 1.29 is 9.90 Å². The molecule has 9 heteroatoms. The normalized spacial score (nSPS) is 11.1. The van der Waals surface area contributed by atoms with Gasteiger partial charge in [-0.3, -0.25) is 9.36 Å². The van der Waals surface area contributed by atoms with E-state index in [-0.39, 0.29) is 5.75 Å². The first-order chi connectivity index (χ1) is 13.2. The number of carboxylic acids is 1. The Bertz CT molecular complexity index is 1080. The predicted octanol–water partition coefficient (Wildman–Crippen LogP) is 2.30. The van der Waals surface area contributed by atoms with Gasteiger partial charge in [0.25, 0.3) is 0 Å². The molecule has 8 nitrogen and oxygen atoms in total. The smallest absolute Gasteiger partial charge is 0.313 e. The van der Waals surface area contributed by atoms with E-state index in [9.17, 15) is 4.79 Å². The van der Waals surface area contributed by atoms with Crippen molar-refractivity contribution in [2.45, 2.75) is 18.2 Å². The first-order valence-electron chi connectivity index (χ1n) is 8.29. The molecule has 0 atom stereocenters. The van der Waals surface area contributed by atoms with Crippen LogP contribution < -0.4 is 0 Å². The Morgan fingerprint density at radius 2 is 1.74 bits per heavy atom. The van der Waals surface area contributed by atoms with Crippen LogP contribution >= 0.6 is 11.8 Å². The van der Waals surface area contributed by atoms with Crippen LogP contribution in [0.5, 0.6) is 0 Å². The molecule has 0 aliphatic rings. The molecule has 0 spiro atoms. The molecule has 4 rings (SSSR count). The Hall–Kier alpha value is -3.20. The van der Waals surface area contributed by atoms with Crippen molar-refractivity contribution in [1.82, 2.24) is 29.8 Å². The molecule has 2 heterocycles. The minimum atomic E-state index is -0.891. The Labute approximate surface area is 158 Å². The first kappa shape index (κ1) is 17.2. The molecule has 0 radical (unpaired) electrons. The fourth-order valence-electron chi connectivity index (χ4n) is 2.76. The van der Waals surface area contributed by atoms with E-state index in [2.05, 4.69) is 20.5 Å². The zero-order valence-corrected chi connectivity index (χ0v) is 15.1. The summed E-state index contributed by atoms with van der Waals surface area (Å²) in [4.78, 5) is 11.0. The Morgan fingerprint density at radius 3 is 2.56 bits per heavy atom. The minimum absolute atomic E-state index is 0.0703. The zero-order chi connectivity index (χ0) is 18.6. The Morgan fingerprint density at radius 1 is 0.963 bits per heavy atom. The molecule has 0 saturated carbocycles. The van der Waals surface area contributed by atoms with Crippen molar-refractivity contribution in [3.8, 4) is 0 Å². The Kier molecular flexibility index (Phi) is 4.84. The number of aliphatic carboxylic acids is 1. The summed E-state index contributed by atoms with van der Waals surface area (Å²) in [5, 5.41) is 26.4. The molecule has 0 fully saturated rings. The summed E-state index contributed by atoms with van der Waals surface area (Å²) < 4.78 is 3.70. The average Bonchev–Trinajstić information content (AvgIpc) is 3.26. The van der Waals surface area contributed by atoms with E-state index in [1.165, 1.54) is 0 Å². The summed E-state index contributed by atoms with van der Waals surface area (Å²) >= 11 is 1.16. The fraction of sp³-hybridized carbons (Fsp3) is 0.167. The monoisotopic (exact) mass is 380 g/mol. The maximum atomic E-state index is 11.0. The van der Waals surface area contributed by atoms with Crippen LogP contribution in [0.1, 0.15) is 11.4 Å². The molecule has 0 aliphatic carbocycles. The SMILES string of the molecule is O=C(O)CSc1nnc(Cn2nnc3ccccc32)n1Cc1ccccc1. The van der Waals surface area contributed by atoms with Gasteiger partial charge >= 0.3 is 5.97 Å². The second-order valence-electron chi connectivity index (χ2n) is 5.89. The van der Waals surface area contributed by atoms with Gasteiger partial charge in [-0.2, -0.15) is 0 Å². The highest BCUT2D eigenvalue weighted by molar-refractivity contribution is 7.99. The molecule has 0 bridgehead atoms. The highest BCUT2D eigenvalue weighted by Gasteiger charge is 2.16. The van der Waals surface area contributed by atoms with Crippen molar-refractivity contribution in [2.24, 2.45) is 0 Å². The lowest BCUT2D eigenvalue weighted by Gasteiger charge is -2.10. The van der Waals surface area contributed by atoms with Crippen molar-refractivity contribution in [1.29, 1.82) is 0 Å². The van der Waals surface area contributed by atoms with Crippen LogP contribution in [0.4, 0.5) is 0 Å².